The highest BCUT2D eigenvalue weighted by molar-refractivity contribution is 7.92. The van der Waals surface area contributed by atoms with Crippen LogP contribution >= 0.6 is 0 Å². The number of nitrogens with one attached hydrogen (secondary N) is 1. The van der Waals surface area contributed by atoms with Crippen LogP contribution < -0.4 is 4.72 Å². The van der Waals surface area contributed by atoms with Crippen LogP contribution in [-0.2, 0) is 10.0 Å². The summed E-state index contributed by atoms with van der Waals surface area (Å²) in [4.78, 5) is 3.68. The molecule has 0 radical (unpaired) electrons. The van der Waals surface area contributed by atoms with E-state index in [1.165, 1.54) is 35.5 Å². The summed E-state index contributed by atoms with van der Waals surface area (Å²) in [6.07, 6.45) is 2.80. The summed E-state index contributed by atoms with van der Waals surface area (Å²) in [5.41, 5.74) is 0.831. The summed E-state index contributed by atoms with van der Waals surface area (Å²) in [6, 6.07) is 11.5. The molecule has 0 aliphatic heterocycles. The zero-order chi connectivity index (χ0) is 15.6. The Bertz CT molecular complexity index is 895. The van der Waals surface area contributed by atoms with Gasteiger partial charge in [0.15, 0.2) is 0 Å². The molecule has 3 aromatic rings. The fourth-order valence-electron chi connectivity index (χ4n) is 1.93. The third-order valence-electron chi connectivity index (χ3n) is 2.92. The first-order chi connectivity index (χ1) is 10.6. The molecule has 0 bridgehead atoms. The molecule has 0 fully saturated rings. The molecule has 2 aromatic carbocycles. The average Bonchev–Trinajstić information content (AvgIpc) is 3.01. The van der Waals surface area contributed by atoms with E-state index in [-0.39, 0.29) is 4.90 Å². The highest BCUT2D eigenvalue weighted by Crippen LogP contribution is 2.22. The third-order valence-corrected chi connectivity index (χ3v) is 4.28. The van der Waals surface area contributed by atoms with Gasteiger partial charge in [-0.3, -0.25) is 4.72 Å². The van der Waals surface area contributed by atoms with Gasteiger partial charge in [0.05, 0.1) is 16.3 Å². The lowest BCUT2D eigenvalue weighted by Gasteiger charge is -2.12. The van der Waals surface area contributed by atoms with Crippen molar-refractivity contribution in [1.29, 1.82) is 0 Å². The summed E-state index contributed by atoms with van der Waals surface area (Å²) < 4.78 is 41.8. The van der Waals surface area contributed by atoms with Crippen molar-refractivity contribution in [1.82, 2.24) is 14.8 Å². The maximum Gasteiger partial charge on any atom is 0.262 e. The van der Waals surface area contributed by atoms with Crippen LogP contribution in [0.3, 0.4) is 0 Å². The number of sulfonamides is 1. The smallest absolute Gasteiger partial charge is 0.262 e. The van der Waals surface area contributed by atoms with Gasteiger partial charge in [0.1, 0.15) is 18.5 Å². The fourth-order valence-corrected chi connectivity index (χ4v) is 3.04. The van der Waals surface area contributed by atoms with Crippen molar-refractivity contribution in [3.05, 3.63) is 67.0 Å². The molecular formula is C14H11FN4O2S. The molecule has 112 valence electrons. The lowest BCUT2D eigenvalue weighted by atomic mass is 10.3. The van der Waals surface area contributed by atoms with E-state index in [9.17, 15) is 12.8 Å². The van der Waals surface area contributed by atoms with Crippen LogP contribution in [0.2, 0.25) is 0 Å². The number of hydrogen-bond donors (Lipinski definition) is 1. The van der Waals surface area contributed by atoms with Gasteiger partial charge < -0.3 is 0 Å². The topological polar surface area (TPSA) is 76.9 Å². The molecule has 0 amide bonds. The van der Waals surface area contributed by atoms with E-state index in [2.05, 4.69) is 14.8 Å². The van der Waals surface area contributed by atoms with Crippen molar-refractivity contribution in [2.24, 2.45) is 0 Å². The monoisotopic (exact) mass is 318 g/mol. The van der Waals surface area contributed by atoms with Crippen LogP contribution in [0.15, 0.2) is 66.1 Å². The highest BCUT2D eigenvalue weighted by atomic mass is 32.2. The minimum Gasteiger partial charge on any atom is -0.277 e. The molecule has 0 atom stereocenters. The van der Waals surface area contributed by atoms with Crippen molar-refractivity contribution in [3.63, 3.8) is 0 Å². The third kappa shape index (κ3) is 2.82. The van der Waals surface area contributed by atoms with E-state index in [0.717, 1.165) is 6.07 Å². The molecule has 0 unspecified atom stereocenters. The quantitative estimate of drug-likeness (QED) is 0.800. The zero-order valence-corrected chi connectivity index (χ0v) is 12.0. The molecule has 0 aliphatic rings. The van der Waals surface area contributed by atoms with E-state index < -0.39 is 15.8 Å². The van der Waals surface area contributed by atoms with Crippen molar-refractivity contribution >= 4 is 15.7 Å². The van der Waals surface area contributed by atoms with E-state index in [1.807, 2.05) is 0 Å². The number of anilines is 1. The summed E-state index contributed by atoms with van der Waals surface area (Å²) in [5.74, 6) is -0.618. The Balaban J connectivity index is 2.00. The second kappa shape index (κ2) is 5.57. The number of rotatable bonds is 4. The Morgan fingerprint density at radius 3 is 2.64 bits per heavy atom. The minimum absolute atomic E-state index is 0.152. The molecular weight excluding hydrogens is 307 g/mol. The Morgan fingerprint density at radius 1 is 1.09 bits per heavy atom. The number of aromatic nitrogens is 3. The van der Waals surface area contributed by atoms with Crippen molar-refractivity contribution < 1.29 is 12.8 Å². The van der Waals surface area contributed by atoms with Crippen LogP contribution in [-0.4, -0.2) is 23.2 Å². The molecule has 22 heavy (non-hydrogen) atoms. The van der Waals surface area contributed by atoms with Crippen LogP contribution in [0.1, 0.15) is 0 Å². The van der Waals surface area contributed by atoms with Crippen molar-refractivity contribution in [2.45, 2.75) is 4.90 Å². The molecule has 0 aliphatic carbocycles. The molecule has 1 N–H and O–H groups in total. The number of halogens is 1. The number of para-hydroxylation sites is 2. The maximum absolute atomic E-state index is 13.2. The first-order valence-electron chi connectivity index (χ1n) is 6.29. The van der Waals surface area contributed by atoms with Crippen LogP contribution in [0.5, 0.6) is 0 Å². The Labute approximate surface area is 126 Å². The van der Waals surface area contributed by atoms with Gasteiger partial charge in [-0.05, 0) is 30.3 Å². The van der Waals surface area contributed by atoms with Crippen molar-refractivity contribution in [2.75, 3.05) is 4.72 Å². The molecule has 0 saturated heterocycles. The number of nitrogens with zero attached hydrogens (tertiary/aromatic N) is 3. The van der Waals surface area contributed by atoms with E-state index in [0.29, 0.717) is 11.4 Å². The average molecular weight is 318 g/mol. The van der Waals surface area contributed by atoms with Crippen LogP contribution in [0.25, 0.3) is 5.69 Å². The standard InChI is InChI=1S/C14H11FN4O2S/c15-11-4-3-5-12(8-11)22(20,21)18-13-6-1-2-7-14(13)19-10-16-9-17-19/h1-10,18H. The molecule has 3 rings (SSSR count). The summed E-state index contributed by atoms with van der Waals surface area (Å²) in [5, 5.41) is 3.97. The van der Waals surface area contributed by atoms with Gasteiger partial charge >= 0.3 is 0 Å². The Kier molecular flexibility index (Phi) is 3.60. The first kappa shape index (κ1) is 14.2. The lowest BCUT2D eigenvalue weighted by Crippen LogP contribution is -2.15. The predicted molar refractivity (Wildman–Crippen MR) is 78.6 cm³/mol. The largest absolute Gasteiger partial charge is 0.277 e. The molecule has 0 spiro atoms. The van der Waals surface area contributed by atoms with E-state index >= 15 is 0 Å². The van der Waals surface area contributed by atoms with Crippen LogP contribution in [0, 0.1) is 5.82 Å². The minimum atomic E-state index is -3.90. The Hall–Kier alpha value is -2.74. The van der Waals surface area contributed by atoms with Crippen LogP contribution in [0.4, 0.5) is 10.1 Å². The van der Waals surface area contributed by atoms with Gasteiger partial charge in [-0.15, -0.1) is 0 Å². The molecule has 8 heteroatoms. The lowest BCUT2D eigenvalue weighted by molar-refractivity contribution is 0.595. The molecule has 6 nitrogen and oxygen atoms in total. The van der Waals surface area contributed by atoms with Gasteiger partial charge in [-0.25, -0.2) is 22.5 Å². The zero-order valence-electron chi connectivity index (χ0n) is 11.2. The summed E-state index contributed by atoms with van der Waals surface area (Å²) in [7, 11) is -3.90. The normalized spacial score (nSPS) is 11.3. The second-order valence-electron chi connectivity index (χ2n) is 4.42. The van der Waals surface area contributed by atoms with Gasteiger partial charge in [-0.1, -0.05) is 18.2 Å². The predicted octanol–water partition coefficient (Wildman–Crippen LogP) is 2.21. The number of hydrogen-bond acceptors (Lipinski definition) is 4. The van der Waals surface area contributed by atoms with Gasteiger partial charge in [0, 0.05) is 0 Å². The second-order valence-corrected chi connectivity index (χ2v) is 6.10. The van der Waals surface area contributed by atoms with Gasteiger partial charge in [0.25, 0.3) is 10.0 Å². The number of benzene rings is 2. The molecule has 1 heterocycles. The van der Waals surface area contributed by atoms with Crippen molar-refractivity contribution in [3.8, 4) is 5.69 Å². The van der Waals surface area contributed by atoms with E-state index in [4.69, 9.17) is 0 Å². The molecule has 0 saturated carbocycles. The fraction of sp³-hybridized carbons (Fsp3) is 0. The highest BCUT2D eigenvalue weighted by Gasteiger charge is 2.17. The van der Waals surface area contributed by atoms with Gasteiger partial charge in [0.2, 0.25) is 0 Å². The van der Waals surface area contributed by atoms with E-state index in [1.54, 1.807) is 24.3 Å². The Morgan fingerprint density at radius 2 is 1.91 bits per heavy atom. The first-order valence-corrected chi connectivity index (χ1v) is 7.77. The summed E-state index contributed by atoms with van der Waals surface area (Å²) in [6.45, 7) is 0. The maximum atomic E-state index is 13.2. The van der Waals surface area contributed by atoms with Gasteiger partial charge in [-0.2, -0.15) is 5.10 Å². The summed E-state index contributed by atoms with van der Waals surface area (Å²) >= 11 is 0. The SMILES string of the molecule is O=S(=O)(Nc1ccccc1-n1cncn1)c1cccc(F)c1. The molecule has 1 aromatic heterocycles.